The number of aromatic nitrogens is 4. The van der Waals surface area contributed by atoms with Crippen molar-refractivity contribution in [2.45, 2.75) is 26.8 Å². The molecule has 9 heteroatoms. The summed E-state index contributed by atoms with van der Waals surface area (Å²) in [4.78, 5) is 25.3. The van der Waals surface area contributed by atoms with Crippen molar-refractivity contribution in [3.63, 3.8) is 0 Å². The van der Waals surface area contributed by atoms with Crippen molar-refractivity contribution in [2.75, 3.05) is 10.6 Å². The van der Waals surface area contributed by atoms with Crippen LogP contribution in [0.4, 0.5) is 11.4 Å². The molecule has 1 aromatic heterocycles. The van der Waals surface area contributed by atoms with E-state index < -0.39 is 0 Å². The van der Waals surface area contributed by atoms with E-state index >= 15 is 0 Å². The van der Waals surface area contributed by atoms with Gasteiger partial charge in [0.05, 0.1) is 0 Å². The van der Waals surface area contributed by atoms with Crippen LogP contribution in [0.2, 0.25) is 5.02 Å². The number of hydrogen-bond acceptors (Lipinski definition) is 5. The average molecular weight is 413 g/mol. The number of benzene rings is 2. The number of anilines is 2. The van der Waals surface area contributed by atoms with E-state index in [-0.39, 0.29) is 18.4 Å². The predicted molar refractivity (Wildman–Crippen MR) is 111 cm³/mol. The molecular weight excluding hydrogens is 392 g/mol. The number of tetrazole rings is 1. The summed E-state index contributed by atoms with van der Waals surface area (Å²) in [5.74, 6) is 0.377. The minimum absolute atomic E-state index is 0.0365. The Kier molecular flexibility index (Phi) is 6.56. The number of halogens is 1. The monoisotopic (exact) mass is 412 g/mol. The maximum absolute atomic E-state index is 12.2. The SMILES string of the molecule is CC(C)CC(=O)Nc1ccc(NC(=O)Cn2nnc(-c3ccc(Cl)cc3)n2)cc1. The van der Waals surface area contributed by atoms with Gasteiger partial charge in [0.15, 0.2) is 0 Å². The molecule has 0 saturated heterocycles. The minimum Gasteiger partial charge on any atom is -0.326 e. The summed E-state index contributed by atoms with van der Waals surface area (Å²) in [6.07, 6.45) is 0.460. The van der Waals surface area contributed by atoms with E-state index in [1.165, 1.54) is 4.80 Å². The van der Waals surface area contributed by atoms with Crippen LogP contribution in [0.5, 0.6) is 0 Å². The lowest BCUT2D eigenvalue weighted by atomic mass is 10.1. The van der Waals surface area contributed by atoms with Crippen LogP contribution in [0.15, 0.2) is 48.5 Å². The number of carbonyl (C=O) groups is 2. The molecule has 0 atom stereocenters. The number of amides is 2. The van der Waals surface area contributed by atoms with Crippen LogP contribution < -0.4 is 10.6 Å². The lowest BCUT2D eigenvalue weighted by Crippen LogP contribution is -2.20. The molecule has 0 radical (unpaired) electrons. The van der Waals surface area contributed by atoms with Crippen molar-refractivity contribution in [2.24, 2.45) is 5.92 Å². The fourth-order valence-corrected chi connectivity index (χ4v) is 2.70. The van der Waals surface area contributed by atoms with Gasteiger partial charge in [0.1, 0.15) is 6.54 Å². The van der Waals surface area contributed by atoms with Crippen LogP contribution in [-0.4, -0.2) is 32.0 Å². The summed E-state index contributed by atoms with van der Waals surface area (Å²) >= 11 is 5.87. The topological polar surface area (TPSA) is 102 Å². The van der Waals surface area contributed by atoms with E-state index in [1.54, 1.807) is 48.5 Å². The molecule has 8 nitrogen and oxygen atoms in total. The third kappa shape index (κ3) is 6.11. The molecule has 0 bridgehead atoms. The van der Waals surface area contributed by atoms with Gasteiger partial charge in [0.2, 0.25) is 17.6 Å². The molecule has 2 amide bonds. The van der Waals surface area contributed by atoms with E-state index in [9.17, 15) is 9.59 Å². The zero-order valence-corrected chi connectivity index (χ0v) is 16.8. The molecule has 1 heterocycles. The summed E-state index contributed by atoms with van der Waals surface area (Å²) in [7, 11) is 0. The summed E-state index contributed by atoms with van der Waals surface area (Å²) < 4.78 is 0. The first-order valence-electron chi connectivity index (χ1n) is 9.12. The Morgan fingerprint density at radius 1 is 0.966 bits per heavy atom. The van der Waals surface area contributed by atoms with Crippen LogP contribution in [0.25, 0.3) is 11.4 Å². The second kappa shape index (κ2) is 9.29. The zero-order valence-electron chi connectivity index (χ0n) is 16.1. The standard InChI is InChI=1S/C20H21ClN6O2/c1-13(2)11-18(28)22-16-7-9-17(10-8-16)23-19(29)12-27-25-20(24-26-27)14-3-5-15(21)6-4-14/h3-10,13H,11-12H2,1-2H3,(H,22,28)(H,23,29). The van der Waals surface area contributed by atoms with Gasteiger partial charge in [-0.25, -0.2) is 0 Å². The molecular formula is C20H21ClN6O2. The number of rotatable bonds is 7. The van der Waals surface area contributed by atoms with Crippen molar-refractivity contribution in [3.05, 3.63) is 53.6 Å². The smallest absolute Gasteiger partial charge is 0.248 e. The molecule has 0 aliphatic heterocycles. The van der Waals surface area contributed by atoms with Gasteiger partial charge in [-0.1, -0.05) is 25.4 Å². The molecule has 29 heavy (non-hydrogen) atoms. The van der Waals surface area contributed by atoms with Gasteiger partial charge in [-0.15, -0.1) is 10.2 Å². The summed E-state index contributed by atoms with van der Waals surface area (Å²) in [6, 6.07) is 13.9. The van der Waals surface area contributed by atoms with Crippen LogP contribution in [0.3, 0.4) is 0 Å². The third-order valence-corrected chi connectivity index (χ3v) is 4.14. The van der Waals surface area contributed by atoms with Crippen LogP contribution >= 0.6 is 11.6 Å². The van der Waals surface area contributed by atoms with E-state index in [2.05, 4.69) is 26.0 Å². The second-order valence-corrected chi connectivity index (χ2v) is 7.36. The minimum atomic E-state index is -0.290. The van der Waals surface area contributed by atoms with Crippen molar-refractivity contribution < 1.29 is 9.59 Å². The molecule has 2 aromatic carbocycles. The van der Waals surface area contributed by atoms with E-state index in [0.29, 0.717) is 34.6 Å². The first kappa shape index (κ1) is 20.5. The number of nitrogens with zero attached hydrogens (tertiary/aromatic N) is 4. The zero-order chi connectivity index (χ0) is 20.8. The Labute approximate surface area is 173 Å². The van der Waals surface area contributed by atoms with Gasteiger partial charge in [-0.05, 0) is 59.7 Å². The second-order valence-electron chi connectivity index (χ2n) is 6.92. The highest BCUT2D eigenvalue weighted by Crippen LogP contribution is 2.17. The summed E-state index contributed by atoms with van der Waals surface area (Å²) in [6.45, 7) is 3.90. The maximum Gasteiger partial charge on any atom is 0.248 e. The van der Waals surface area contributed by atoms with Gasteiger partial charge >= 0.3 is 0 Å². The van der Waals surface area contributed by atoms with Crippen molar-refractivity contribution in [3.8, 4) is 11.4 Å². The highest BCUT2D eigenvalue weighted by molar-refractivity contribution is 6.30. The van der Waals surface area contributed by atoms with Gasteiger partial charge in [-0.3, -0.25) is 9.59 Å². The number of nitrogens with one attached hydrogen (secondary N) is 2. The Morgan fingerprint density at radius 3 is 2.14 bits per heavy atom. The van der Waals surface area contributed by atoms with Gasteiger partial charge in [0.25, 0.3) is 0 Å². The van der Waals surface area contributed by atoms with Crippen molar-refractivity contribution in [1.82, 2.24) is 20.2 Å². The Morgan fingerprint density at radius 2 is 1.55 bits per heavy atom. The lowest BCUT2D eigenvalue weighted by Gasteiger charge is -2.09. The largest absolute Gasteiger partial charge is 0.326 e. The highest BCUT2D eigenvalue weighted by Gasteiger charge is 2.10. The molecule has 3 aromatic rings. The van der Waals surface area contributed by atoms with E-state index in [1.807, 2.05) is 13.8 Å². The van der Waals surface area contributed by atoms with Crippen molar-refractivity contribution in [1.29, 1.82) is 0 Å². The summed E-state index contributed by atoms with van der Waals surface area (Å²) in [5.41, 5.74) is 2.05. The molecule has 0 unspecified atom stereocenters. The Bertz CT molecular complexity index is 983. The predicted octanol–water partition coefficient (Wildman–Crippen LogP) is 3.62. The fraction of sp³-hybridized carbons (Fsp3) is 0.250. The quantitative estimate of drug-likeness (QED) is 0.617. The molecule has 0 aliphatic rings. The summed E-state index contributed by atoms with van der Waals surface area (Å²) in [5, 5.41) is 18.3. The van der Waals surface area contributed by atoms with Gasteiger partial charge < -0.3 is 10.6 Å². The molecule has 0 saturated carbocycles. The first-order valence-corrected chi connectivity index (χ1v) is 9.50. The van der Waals surface area contributed by atoms with Crippen LogP contribution in [0.1, 0.15) is 20.3 Å². The third-order valence-electron chi connectivity index (χ3n) is 3.89. The maximum atomic E-state index is 12.2. The Balaban J connectivity index is 1.54. The molecule has 2 N–H and O–H groups in total. The average Bonchev–Trinajstić information content (AvgIpc) is 3.11. The van der Waals surface area contributed by atoms with Crippen LogP contribution in [0, 0.1) is 5.92 Å². The lowest BCUT2D eigenvalue weighted by molar-refractivity contribution is -0.117. The van der Waals surface area contributed by atoms with Crippen molar-refractivity contribution >= 4 is 34.8 Å². The fourth-order valence-electron chi connectivity index (χ4n) is 2.57. The number of carbonyl (C=O) groups excluding carboxylic acids is 2. The first-order chi connectivity index (χ1) is 13.9. The molecule has 0 aliphatic carbocycles. The highest BCUT2D eigenvalue weighted by atomic mass is 35.5. The van der Waals surface area contributed by atoms with E-state index in [0.717, 1.165) is 5.56 Å². The molecule has 0 fully saturated rings. The molecule has 0 spiro atoms. The van der Waals surface area contributed by atoms with Gasteiger partial charge in [-0.2, -0.15) is 4.80 Å². The normalized spacial score (nSPS) is 10.8. The number of hydrogen-bond donors (Lipinski definition) is 2. The molecule has 3 rings (SSSR count). The molecule has 150 valence electrons. The van der Waals surface area contributed by atoms with E-state index in [4.69, 9.17) is 11.6 Å². The Hall–Kier alpha value is -3.26. The van der Waals surface area contributed by atoms with Gasteiger partial charge in [0, 0.05) is 28.4 Å². The van der Waals surface area contributed by atoms with Crippen LogP contribution in [-0.2, 0) is 16.1 Å².